The van der Waals surface area contributed by atoms with E-state index in [0.717, 1.165) is 29.9 Å². The highest BCUT2D eigenvalue weighted by Crippen LogP contribution is 2.25. The summed E-state index contributed by atoms with van der Waals surface area (Å²) in [5.41, 5.74) is 2.80. The predicted molar refractivity (Wildman–Crippen MR) is 80.8 cm³/mol. The number of hydrogen-bond donors (Lipinski definition) is 1. The molecule has 0 saturated carbocycles. The van der Waals surface area contributed by atoms with E-state index in [1.54, 1.807) is 12.1 Å². The Hall–Kier alpha value is -1.95. The van der Waals surface area contributed by atoms with E-state index in [9.17, 15) is 9.90 Å². The first-order valence-electron chi connectivity index (χ1n) is 6.72. The highest BCUT2D eigenvalue weighted by molar-refractivity contribution is 7.99. The van der Waals surface area contributed by atoms with Crippen molar-refractivity contribution in [2.24, 2.45) is 0 Å². The number of aromatic carboxylic acids is 1. The van der Waals surface area contributed by atoms with Gasteiger partial charge in [-0.05, 0) is 50.2 Å². The fourth-order valence-corrected chi connectivity index (χ4v) is 2.87. The normalized spacial score (nSPS) is 10.6. The Kier molecular flexibility index (Phi) is 4.90. The van der Waals surface area contributed by atoms with Crippen LogP contribution in [0.15, 0.2) is 28.4 Å². The Balaban J connectivity index is 2.35. The number of aromatic nitrogens is 3. The first kappa shape index (κ1) is 15.4. The molecule has 0 saturated heterocycles. The van der Waals surface area contributed by atoms with E-state index in [4.69, 9.17) is 0 Å². The molecule has 0 aliphatic rings. The minimum Gasteiger partial charge on any atom is -0.478 e. The van der Waals surface area contributed by atoms with E-state index in [2.05, 4.69) is 15.0 Å². The SMILES string of the molecule is CCCc1cc(C(=O)O)cc(Sc2nc(C)cc(C)n2)n1. The highest BCUT2D eigenvalue weighted by Gasteiger charge is 2.11. The lowest BCUT2D eigenvalue weighted by Crippen LogP contribution is -2.02. The molecule has 0 atom stereocenters. The predicted octanol–water partition coefficient (Wildman–Crippen LogP) is 3.29. The van der Waals surface area contributed by atoms with Gasteiger partial charge in [-0.15, -0.1) is 0 Å². The van der Waals surface area contributed by atoms with Crippen molar-refractivity contribution in [1.82, 2.24) is 15.0 Å². The van der Waals surface area contributed by atoms with Crippen LogP contribution in [-0.2, 0) is 6.42 Å². The van der Waals surface area contributed by atoms with Crippen molar-refractivity contribution in [3.05, 3.63) is 40.8 Å². The first-order chi connectivity index (χ1) is 9.97. The van der Waals surface area contributed by atoms with Crippen LogP contribution in [0.1, 0.15) is 40.8 Å². The number of aryl methyl sites for hydroxylation is 3. The van der Waals surface area contributed by atoms with Crippen LogP contribution in [0, 0.1) is 13.8 Å². The van der Waals surface area contributed by atoms with E-state index in [1.807, 2.05) is 26.8 Å². The van der Waals surface area contributed by atoms with Gasteiger partial charge in [-0.3, -0.25) is 0 Å². The van der Waals surface area contributed by atoms with E-state index in [1.165, 1.54) is 11.8 Å². The van der Waals surface area contributed by atoms with Gasteiger partial charge in [0.1, 0.15) is 5.03 Å². The Morgan fingerprint density at radius 2 is 1.81 bits per heavy atom. The molecular formula is C15H17N3O2S. The van der Waals surface area contributed by atoms with Gasteiger partial charge in [0, 0.05) is 17.1 Å². The number of rotatable bonds is 5. The molecule has 0 aliphatic heterocycles. The summed E-state index contributed by atoms with van der Waals surface area (Å²) >= 11 is 1.29. The second-order valence-corrected chi connectivity index (χ2v) is 5.76. The fraction of sp³-hybridized carbons (Fsp3) is 0.333. The zero-order chi connectivity index (χ0) is 15.4. The molecule has 0 fully saturated rings. The minimum absolute atomic E-state index is 0.250. The monoisotopic (exact) mass is 303 g/mol. The lowest BCUT2D eigenvalue weighted by molar-refractivity contribution is 0.0696. The van der Waals surface area contributed by atoms with Crippen LogP contribution in [0.5, 0.6) is 0 Å². The van der Waals surface area contributed by atoms with E-state index in [0.29, 0.717) is 10.2 Å². The van der Waals surface area contributed by atoms with Gasteiger partial charge >= 0.3 is 5.97 Å². The molecule has 2 rings (SSSR count). The molecule has 2 aromatic heterocycles. The third-order valence-corrected chi connectivity index (χ3v) is 3.55. The summed E-state index contributed by atoms with van der Waals surface area (Å²) in [6.45, 7) is 5.85. The molecule has 110 valence electrons. The zero-order valence-electron chi connectivity index (χ0n) is 12.3. The molecule has 0 amide bonds. The van der Waals surface area contributed by atoms with E-state index < -0.39 is 5.97 Å². The Labute approximate surface area is 127 Å². The van der Waals surface area contributed by atoms with Crippen LogP contribution in [0.3, 0.4) is 0 Å². The van der Waals surface area contributed by atoms with Gasteiger partial charge in [0.15, 0.2) is 5.16 Å². The maximum Gasteiger partial charge on any atom is 0.335 e. The van der Waals surface area contributed by atoms with Gasteiger partial charge in [-0.25, -0.2) is 19.7 Å². The molecule has 0 bridgehead atoms. The van der Waals surface area contributed by atoms with Crippen molar-refractivity contribution in [2.45, 2.75) is 43.8 Å². The van der Waals surface area contributed by atoms with Crippen molar-refractivity contribution in [2.75, 3.05) is 0 Å². The number of pyridine rings is 1. The third-order valence-electron chi connectivity index (χ3n) is 2.77. The number of hydrogen-bond acceptors (Lipinski definition) is 5. The second kappa shape index (κ2) is 6.67. The van der Waals surface area contributed by atoms with Crippen molar-refractivity contribution in [1.29, 1.82) is 0 Å². The second-order valence-electron chi connectivity index (χ2n) is 4.78. The molecule has 0 aliphatic carbocycles. The topological polar surface area (TPSA) is 76.0 Å². The first-order valence-corrected chi connectivity index (χ1v) is 7.54. The molecule has 2 aromatic rings. The summed E-state index contributed by atoms with van der Waals surface area (Å²) in [6, 6.07) is 5.08. The number of carboxylic acid groups (broad SMARTS) is 1. The summed E-state index contributed by atoms with van der Waals surface area (Å²) in [4.78, 5) is 24.4. The third kappa shape index (κ3) is 4.26. The number of nitrogens with zero attached hydrogens (tertiary/aromatic N) is 3. The minimum atomic E-state index is -0.946. The molecule has 0 unspecified atom stereocenters. The average molecular weight is 303 g/mol. The molecule has 1 N–H and O–H groups in total. The number of carbonyl (C=O) groups is 1. The van der Waals surface area contributed by atoms with Crippen LogP contribution < -0.4 is 0 Å². The van der Waals surface area contributed by atoms with E-state index >= 15 is 0 Å². The molecule has 2 heterocycles. The van der Waals surface area contributed by atoms with Crippen LogP contribution in [0.2, 0.25) is 0 Å². The van der Waals surface area contributed by atoms with Gasteiger partial charge in [-0.2, -0.15) is 0 Å². The van der Waals surface area contributed by atoms with Gasteiger partial charge in [0.2, 0.25) is 0 Å². The maximum atomic E-state index is 11.2. The standard InChI is InChI=1S/C15H17N3O2S/c1-4-5-12-7-11(14(19)20)8-13(18-12)21-15-16-9(2)6-10(3)17-15/h6-8H,4-5H2,1-3H3,(H,19,20). The Morgan fingerprint density at radius 1 is 1.14 bits per heavy atom. The number of carboxylic acids is 1. The summed E-state index contributed by atoms with van der Waals surface area (Å²) in [7, 11) is 0. The van der Waals surface area contributed by atoms with Gasteiger partial charge in [0.05, 0.1) is 5.56 Å². The smallest absolute Gasteiger partial charge is 0.335 e. The molecule has 0 aromatic carbocycles. The lowest BCUT2D eigenvalue weighted by Gasteiger charge is -2.06. The van der Waals surface area contributed by atoms with Gasteiger partial charge < -0.3 is 5.11 Å². The van der Waals surface area contributed by atoms with Crippen LogP contribution in [0.4, 0.5) is 0 Å². The van der Waals surface area contributed by atoms with Gasteiger partial charge in [0.25, 0.3) is 0 Å². The molecule has 21 heavy (non-hydrogen) atoms. The van der Waals surface area contributed by atoms with Crippen molar-refractivity contribution >= 4 is 17.7 Å². The van der Waals surface area contributed by atoms with Gasteiger partial charge in [-0.1, -0.05) is 13.3 Å². The summed E-state index contributed by atoms with van der Waals surface area (Å²) in [5.74, 6) is -0.946. The Morgan fingerprint density at radius 3 is 2.38 bits per heavy atom. The maximum absolute atomic E-state index is 11.2. The lowest BCUT2D eigenvalue weighted by atomic mass is 10.2. The Bertz CT molecular complexity index is 654. The van der Waals surface area contributed by atoms with Crippen molar-refractivity contribution in [3.63, 3.8) is 0 Å². The molecule has 0 radical (unpaired) electrons. The summed E-state index contributed by atoms with van der Waals surface area (Å²) in [5, 5.41) is 10.4. The summed E-state index contributed by atoms with van der Waals surface area (Å²) < 4.78 is 0. The largest absolute Gasteiger partial charge is 0.478 e. The molecular weight excluding hydrogens is 286 g/mol. The summed E-state index contributed by atoms with van der Waals surface area (Å²) in [6.07, 6.45) is 1.67. The quantitative estimate of drug-likeness (QED) is 0.854. The van der Waals surface area contributed by atoms with Crippen LogP contribution in [0.25, 0.3) is 0 Å². The van der Waals surface area contributed by atoms with Crippen molar-refractivity contribution in [3.8, 4) is 0 Å². The van der Waals surface area contributed by atoms with Crippen LogP contribution in [-0.4, -0.2) is 26.0 Å². The molecule has 0 spiro atoms. The van der Waals surface area contributed by atoms with Crippen molar-refractivity contribution < 1.29 is 9.90 Å². The highest BCUT2D eigenvalue weighted by atomic mass is 32.2. The van der Waals surface area contributed by atoms with Crippen LogP contribution >= 0.6 is 11.8 Å². The molecule has 6 heteroatoms. The van der Waals surface area contributed by atoms with E-state index in [-0.39, 0.29) is 5.56 Å². The molecule has 5 nitrogen and oxygen atoms in total. The zero-order valence-corrected chi connectivity index (χ0v) is 13.1. The fourth-order valence-electron chi connectivity index (χ4n) is 1.95. The average Bonchev–Trinajstić information content (AvgIpc) is 2.37.